The maximum Gasteiger partial charge on any atom is 0.236 e. The van der Waals surface area contributed by atoms with Crippen LogP contribution in [0.2, 0.25) is 0 Å². The third-order valence-corrected chi connectivity index (χ3v) is 2.93. The highest BCUT2D eigenvalue weighted by Crippen LogP contribution is 2.23. The number of methoxy groups -OCH3 is 1. The summed E-state index contributed by atoms with van der Waals surface area (Å²) in [6, 6.07) is 1.94. The van der Waals surface area contributed by atoms with Crippen LogP contribution in [0.15, 0.2) is 18.5 Å². The molecule has 16 heavy (non-hydrogen) atoms. The molecule has 1 aromatic heterocycles. The van der Waals surface area contributed by atoms with E-state index in [1.54, 1.807) is 18.2 Å². The van der Waals surface area contributed by atoms with E-state index in [0.29, 0.717) is 13.1 Å². The zero-order chi connectivity index (χ0) is 11.5. The van der Waals surface area contributed by atoms with Crippen LogP contribution < -0.4 is 5.73 Å². The van der Waals surface area contributed by atoms with Gasteiger partial charge in [0.1, 0.15) is 0 Å². The molecule has 1 fully saturated rings. The number of likely N-dealkylation sites (tertiary alicyclic amines) is 1. The molecule has 0 saturated carbocycles. The van der Waals surface area contributed by atoms with Crippen molar-refractivity contribution in [3.8, 4) is 0 Å². The van der Waals surface area contributed by atoms with E-state index < -0.39 is 0 Å². The zero-order valence-corrected chi connectivity index (χ0v) is 9.24. The Balaban J connectivity index is 2.11. The summed E-state index contributed by atoms with van der Waals surface area (Å²) < 4.78 is 7.21. The van der Waals surface area contributed by atoms with Crippen LogP contribution in [-0.4, -0.2) is 53.4 Å². The lowest BCUT2D eigenvalue weighted by molar-refractivity contribution is -0.129. The third-order valence-electron chi connectivity index (χ3n) is 2.93. The molecule has 2 heterocycles. The van der Waals surface area contributed by atoms with E-state index in [1.165, 1.54) is 0 Å². The molecule has 1 amide bonds. The second kappa shape index (κ2) is 4.63. The Morgan fingerprint density at radius 3 is 3.00 bits per heavy atom. The van der Waals surface area contributed by atoms with Gasteiger partial charge in [-0.1, -0.05) is 0 Å². The fourth-order valence-electron chi connectivity index (χ4n) is 2.05. The summed E-state index contributed by atoms with van der Waals surface area (Å²) in [5.41, 5.74) is 5.35. The number of nitrogens with two attached hydrogens (primary N) is 1. The van der Waals surface area contributed by atoms with Crippen molar-refractivity contribution in [3.05, 3.63) is 18.5 Å². The van der Waals surface area contributed by atoms with Crippen LogP contribution in [0.4, 0.5) is 0 Å². The molecule has 2 atom stereocenters. The highest BCUT2D eigenvalue weighted by molar-refractivity contribution is 5.78. The first-order valence-corrected chi connectivity index (χ1v) is 5.26. The number of carbonyl (C=O) groups is 1. The van der Waals surface area contributed by atoms with Gasteiger partial charge in [-0.3, -0.25) is 9.48 Å². The number of hydrogen-bond acceptors (Lipinski definition) is 4. The first kappa shape index (κ1) is 11.1. The molecule has 0 unspecified atom stereocenters. The summed E-state index contributed by atoms with van der Waals surface area (Å²) in [6.07, 6.45) is 3.59. The van der Waals surface area contributed by atoms with Gasteiger partial charge in [-0.15, -0.1) is 0 Å². The van der Waals surface area contributed by atoms with Crippen molar-refractivity contribution in [2.75, 3.05) is 26.7 Å². The van der Waals surface area contributed by atoms with Gasteiger partial charge in [0.05, 0.1) is 18.7 Å². The molecule has 1 aliphatic heterocycles. The fraction of sp³-hybridized carbons (Fsp3) is 0.600. The number of nitrogens with zero attached hydrogens (tertiary/aromatic N) is 3. The molecule has 1 aliphatic rings. The van der Waals surface area contributed by atoms with Gasteiger partial charge in [0.25, 0.3) is 0 Å². The summed E-state index contributed by atoms with van der Waals surface area (Å²) in [5.74, 6) is -0.0447. The third kappa shape index (κ3) is 1.94. The number of ether oxygens (including phenoxy) is 1. The van der Waals surface area contributed by atoms with Gasteiger partial charge < -0.3 is 15.4 Å². The molecule has 0 aromatic carbocycles. The van der Waals surface area contributed by atoms with E-state index in [2.05, 4.69) is 5.10 Å². The number of hydrogen-bond donors (Lipinski definition) is 1. The van der Waals surface area contributed by atoms with Gasteiger partial charge in [0.15, 0.2) is 0 Å². The van der Waals surface area contributed by atoms with Crippen LogP contribution in [0.1, 0.15) is 6.04 Å². The first-order valence-electron chi connectivity index (χ1n) is 5.26. The highest BCUT2D eigenvalue weighted by atomic mass is 16.5. The topological polar surface area (TPSA) is 73.4 Å². The largest absolute Gasteiger partial charge is 0.377 e. The SMILES string of the molecule is CO[C@H]1CN(C(=O)CN)C[C@H]1n1cccn1. The monoisotopic (exact) mass is 224 g/mol. The van der Waals surface area contributed by atoms with E-state index in [-0.39, 0.29) is 24.6 Å². The maximum absolute atomic E-state index is 11.5. The second-order valence-electron chi connectivity index (χ2n) is 3.83. The Morgan fingerprint density at radius 2 is 2.44 bits per heavy atom. The summed E-state index contributed by atoms with van der Waals surface area (Å²) in [5, 5.41) is 4.18. The summed E-state index contributed by atoms with van der Waals surface area (Å²) in [7, 11) is 1.65. The molecule has 6 nitrogen and oxygen atoms in total. The highest BCUT2D eigenvalue weighted by Gasteiger charge is 2.36. The average molecular weight is 224 g/mol. The number of rotatable bonds is 3. The van der Waals surface area contributed by atoms with Crippen LogP contribution in [-0.2, 0) is 9.53 Å². The van der Waals surface area contributed by atoms with Crippen LogP contribution in [0, 0.1) is 0 Å². The first-order chi connectivity index (χ1) is 7.76. The maximum atomic E-state index is 11.5. The molecule has 1 aromatic rings. The predicted octanol–water partition coefficient (Wildman–Crippen LogP) is -0.760. The molecular formula is C10H16N4O2. The Labute approximate surface area is 94.0 Å². The lowest BCUT2D eigenvalue weighted by atomic mass is 10.2. The van der Waals surface area contributed by atoms with Crippen LogP contribution in [0.3, 0.4) is 0 Å². The zero-order valence-electron chi connectivity index (χ0n) is 9.24. The lowest BCUT2D eigenvalue weighted by Gasteiger charge is -2.16. The van der Waals surface area contributed by atoms with Crippen molar-refractivity contribution in [1.82, 2.24) is 14.7 Å². The minimum atomic E-state index is -0.0447. The molecule has 0 bridgehead atoms. The lowest BCUT2D eigenvalue weighted by Crippen LogP contribution is -2.34. The minimum absolute atomic E-state index is 0.0181. The van der Waals surface area contributed by atoms with Crippen LogP contribution >= 0.6 is 0 Å². The van der Waals surface area contributed by atoms with E-state index in [4.69, 9.17) is 10.5 Å². The molecule has 0 aliphatic carbocycles. The Morgan fingerprint density at radius 1 is 1.62 bits per heavy atom. The van der Waals surface area contributed by atoms with Crippen molar-refractivity contribution in [2.24, 2.45) is 5.73 Å². The molecule has 88 valence electrons. The van der Waals surface area contributed by atoms with E-state index >= 15 is 0 Å². The van der Waals surface area contributed by atoms with E-state index in [9.17, 15) is 4.79 Å². The van der Waals surface area contributed by atoms with Gasteiger partial charge in [-0.2, -0.15) is 5.10 Å². The number of amides is 1. The molecule has 2 N–H and O–H groups in total. The summed E-state index contributed by atoms with van der Waals surface area (Å²) in [6.45, 7) is 1.23. The van der Waals surface area contributed by atoms with Crippen molar-refractivity contribution in [3.63, 3.8) is 0 Å². The molecule has 6 heteroatoms. The number of aromatic nitrogens is 2. The smallest absolute Gasteiger partial charge is 0.236 e. The van der Waals surface area contributed by atoms with Gasteiger partial charge in [0, 0.05) is 32.6 Å². The quantitative estimate of drug-likeness (QED) is 0.732. The van der Waals surface area contributed by atoms with Crippen molar-refractivity contribution >= 4 is 5.91 Å². The van der Waals surface area contributed by atoms with Crippen molar-refractivity contribution in [1.29, 1.82) is 0 Å². The molecule has 0 spiro atoms. The molecule has 1 saturated heterocycles. The van der Waals surface area contributed by atoms with E-state index in [0.717, 1.165) is 0 Å². The Bertz CT molecular complexity index is 352. The van der Waals surface area contributed by atoms with Gasteiger partial charge in [-0.05, 0) is 6.07 Å². The Hall–Kier alpha value is -1.40. The van der Waals surface area contributed by atoms with E-state index in [1.807, 2.05) is 16.9 Å². The molecular weight excluding hydrogens is 208 g/mol. The van der Waals surface area contributed by atoms with Gasteiger partial charge in [-0.25, -0.2) is 0 Å². The minimum Gasteiger partial charge on any atom is -0.377 e. The van der Waals surface area contributed by atoms with Crippen molar-refractivity contribution < 1.29 is 9.53 Å². The van der Waals surface area contributed by atoms with Gasteiger partial charge >= 0.3 is 0 Å². The standard InChI is InChI=1S/C10H16N4O2/c1-16-9-7-13(10(15)5-11)6-8(9)14-4-2-3-12-14/h2-4,8-9H,5-7,11H2,1H3/t8-,9+/m1/s1. The van der Waals surface area contributed by atoms with Crippen LogP contribution in [0.5, 0.6) is 0 Å². The number of carbonyl (C=O) groups excluding carboxylic acids is 1. The average Bonchev–Trinajstić information content (AvgIpc) is 2.95. The fourth-order valence-corrected chi connectivity index (χ4v) is 2.05. The van der Waals surface area contributed by atoms with Gasteiger partial charge in [0.2, 0.25) is 5.91 Å². The predicted molar refractivity (Wildman–Crippen MR) is 57.7 cm³/mol. The summed E-state index contributed by atoms with van der Waals surface area (Å²) >= 11 is 0. The molecule has 2 rings (SSSR count). The normalized spacial score (nSPS) is 25.0. The second-order valence-corrected chi connectivity index (χ2v) is 3.83. The van der Waals surface area contributed by atoms with Crippen molar-refractivity contribution in [2.45, 2.75) is 12.1 Å². The molecule has 0 radical (unpaired) electrons. The Kier molecular flexibility index (Phi) is 3.21. The van der Waals surface area contributed by atoms with Crippen LogP contribution in [0.25, 0.3) is 0 Å². The summed E-state index contributed by atoms with van der Waals surface area (Å²) in [4.78, 5) is 13.2.